The van der Waals surface area contributed by atoms with Crippen molar-refractivity contribution in [1.29, 1.82) is 0 Å². The molecular formula is C15H10ClN3O2. The lowest BCUT2D eigenvalue weighted by atomic mass is 10.2. The van der Waals surface area contributed by atoms with Crippen LogP contribution in [0.2, 0.25) is 5.02 Å². The molecule has 0 bridgehead atoms. The highest BCUT2D eigenvalue weighted by Crippen LogP contribution is 2.26. The Hall–Kier alpha value is -2.66. The number of halogens is 1. The summed E-state index contributed by atoms with van der Waals surface area (Å²) in [6, 6.07) is 11.7. The zero-order valence-electron chi connectivity index (χ0n) is 10.7. The second kappa shape index (κ2) is 5.38. The van der Waals surface area contributed by atoms with Gasteiger partial charge in [-0.1, -0.05) is 23.7 Å². The molecule has 1 heterocycles. The molecule has 0 spiro atoms. The van der Waals surface area contributed by atoms with Crippen molar-refractivity contribution in [3.05, 3.63) is 59.4 Å². The van der Waals surface area contributed by atoms with E-state index in [-0.39, 0.29) is 16.5 Å². The molecule has 0 atom stereocenters. The number of fused-ring (bicyclic) bond motifs is 1. The molecule has 3 aromatic rings. The number of aromatic hydroxyl groups is 1. The van der Waals surface area contributed by atoms with Crippen molar-refractivity contribution >= 4 is 34.2 Å². The predicted molar refractivity (Wildman–Crippen MR) is 80.6 cm³/mol. The fourth-order valence-electron chi connectivity index (χ4n) is 1.85. The van der Waals surface area contributed by atoms with Gasteiger partial charge in [-0.25, -0.2) is 4.98 Å². The average molecular weight is 300 g/mol. The van der Waals surface area contributed by atoms with Crippen LogP contribution in [0.4, 0.5) is 5.69 Å². The number of rotatable bonds is 2. The molecule has 2 N–H and O–H groups in total. The highest BCUT2D eigenvalue weighted by atomic mass is 35.5. The monoisotopic (exact) mass is 299 g/mol. The number of para-hydroxylation sites is 2. The molecule has 6 heteroatoms. The molecule has 0 saturated carbocycles. The Kier molecular flexibility index (Phi) is 3.41. The van der Waals surface area contributed by atoms with Crippen LogP contribution in [-0.2, 0) is 0 Å². The number of phenols is 1. The second-order valence-electron chi connectivity index (χ2n) is 4.36. The first-order valence-electron chi connectivity index (χ1n) is 6.15. The smallest absolute Gasteiger partial charge is 0.275 e. The van der Waals surface area contributed by atoms with Gasteiger partial charge >= 0.3 is 0 Å². The molecular weight excluding hydrogens is 290 g/mol. The topological polar surface area (TPSA) is 75.1 Å². The number of anilines is 1. The molecule has 0 saturated heterocycles. The number of aromatic nitrogens is 2. The van der Waals surface area contributed by atoms with Gasteiger partial charge in [-0.3, -0.25) is 9.78 Å². The highest BCUT2D eigenvalue weighted by Gasteiger charge is 2.10. The lowest BCUT2D eigenvalue weighted by Crippen LogP contribution is -2.14. The number of amides is 1. The summed E-state index contributed by atoms with van der Waals surface area (Å²) in [6.07, 6.45) is 1.41. The molecule has 5 nitrogen and oxygen atoms in total. The third-order valence-corrected chi connectivity index (χ3v) is 3.20. The van der Waals surface area contributed by atoms with Crippen molar-refractivity contribution in [2.45, 2.75) is 0 Å². The SMILES string of the molecule is O=C(Nc1ccc(Cl)c(O)c1)c1cnc2ccccc2n1. The Labute approximate surface area is 125 Å². The summed E-state index contributed by atoms with van der Waals surface area (Å²) in [5.41, 5.74) is 1.99. The van der Waals surface area contributed by atoms with Crippen LogP contribution in [0.1, 0.15) is 10.5 Å². The number of nitrogens with one attached hydrogen (secondary N) is 1. The van der Waals surface area contributed by atoms with Crippen LogP contribution in [0.25, 0.3) is 11.0 Å². The number of hydrogen-bond donors (Lipinski definition) is 2. The maximum atomic E-state index is 12.1. The Bertz CT molecular complexity index is 836. The number of benzene rings is 2. The molecule has 0 aliphatic rings. The number of hydrogen-bond acceptors (Lipinski definition) is 4. The fraction of sp³-hybridized carbons (Fsp3) is 0. The number of nitrogens with zero attached hydrogens (tertiary/aromatic N) is 2. The third-order valence-electron chi connectivity index (χ3n) is 2.89. The van der Waals surface area contributed by atoms with Gasteiger partial charge in [0.15, 0.2) is 0 Å². The first-order chi connectivity index (χ1) is 10.1. The molecule has 104 valence electrons. The highest BCUT2D eigenvalue weighted by molar-refractivity contribution is 6.32. The first kappa shape index (κ1) is 13.3. The molecule has 1 aromatic heterocycles. The number of carbonyl (C=O) groups is 1. The minimum atomic E-state index is -0.407. The molecule has 0 fully saturated rings. The molecule has 2 aromatic carbocycles. The van der Waals surface area contributed by atoms with Crippen molar-refractivity contribution in [3.63, 3.8) is 0 Å². The van der Waals surface area contributed by atoms with Crippen molar-refractivity contribution in [2.75, 3.05) is 5.32 Å². The Morgan fingerprint density at radius 1 is 1.14 bits per heavy atom. The van der Waals surface area contributed by atoms with Gasteiger partial charge in [0.05, 0.1) is 22.3 Å². The van der Waals surface area contributed by atoms with E-state index in [1.165, 1.54) is 18.3 Å². The van der Waals surface area contributed by atoms with Crippen LogP contribution >= 0.6 is 11.6 Å². The van der Waals surface area contributed by atoms with Gasteiger partial charge in [0.25, 0.3) is 5.91 Å². The zero-order chi connectivity index (χ0) is 14.8. The van der Waals surface area contributed by atoms with Crippen molar-refractivity contribution in [1.82, 2.24) is 9.97 Å². The van der Waals surface area contributed by atoms with Crippen molar-refractivity contribution < 1.29 is 9.90 Å². The minimum Gasteiger partial charge on any atom is -0.506 e. The van der Waals surface area contributed by atoms with E-state index < -0.39 is 5.91 Å². The van der Waals surface area contributed by atoms with Crippen LogP contribution in [0, 0.1) is 0 Å². The van der Waals surface area contributed by atoms with Gasteiger partial charge < -0.3 is 10.4 Å². The quantitative estimate of drug-likeness (QED) is 0.761. The van der Waals surface area contributed by atoms with E-state index in [9.17, 15) is 9.90 Å². The molecule has 21 heavy (non-hydrogen) atoms. The Morgan fingerprint density at radius 3 is 2.67 bits per heavy atom. The van der Waals surface area contributed by atoms with Crippen molar-refractivity contribution in [3.8, 4) is 5.75 Å². The second-order valence-corrected chi connectivity index (χ2v) is 4.77. The summed E-state index contributed by atoms with van der Waals surface area (Å²) in [4.78, 5) is 20.6. The summed E-state index contributed by atoms with van der Waals surface area (Å²) in [5, 5.41) is 12.4. The maximum absolute atomic E-state index is 12.1. The summed E-state index contributed by atoms with van der Waals surface area (Å²) in [5.74, 6) is -0.506. The summed E-state index contributed by atoms with van der Waals surface area (Å²) in [7, 11) is 0. The van der Waals surface area contributed by atoms with Crippen LogP contribution in [0.3, 0.4) is 0 Å². The van der Waals surface area contributed by atoms with Crippen LogP contribution in [0.5, 0.6) is 5.75 Å². The van der Waals surface area contributed by atoms with Gasteiger partial charge in [0.2, 0.25) is 0 Å². The normalized spacial score (nSPS) is 10.5. The van der Waals surface area contributed by atoms with E-state index in [1.54, 1.807) is 12.1 Å². The first-order valence-corrected chi connectivity index (χ1v) is 6.53. The van der Waals surface area contributed by atoms with Crippen LogP contribution in [-0.4, -0.2) is 21.0 Å². The predicted octanol–water partition coefficient (Wildman–Crippen LogP) is 3.24. The van der Waals surface area contributed by atoms with E-state index >= 15 is 0 Å². The van der Waals surface area contributed by atoms with Gasteiger partial charge in [0, 0.05) is 11.8 Å². The average Bonchev–Trinajstić information content (AvgIpc) is 2.50. The summed E-state index contributed by atoms with van der Waals surface area (Å²) >= 11 is 5.71. The lowest BCUT2D eigenvalue weighted by Gasteiger charge is -2.06. The third kappa shape index (κ3) is 2.78. The van der Waals surface area contributed by atoms with E-state index in [0.29, 0.717) is 11.2 Å². The molecule has 0 radical (unpaired) electrons. The van der Waals surface area contributed by atoms with Gasteiger partial charge in [-0.05, 0) is 24.3 Å². The molecule has 0 aliphatic heterocycles. The molecule has 0 unspecified atom stereocenters. The Balaban J connectivity index is 1.87. The number of carbonyl (C=O) groups excluding carboxylic acids is 1. The van der Waals surface area contributed by atoms with E-state index in [1.807, 2.05) is 18.2 Å². The van der Waals surface area contributed by atoms with Gasteiger partial charge in [0.1, 0.15) is 11.4 Å². The largest absolute Gasteiger partial charge is 0.506 e. The summed E-state index contributed by atoms with van der Waals surface area (Å²) in [6.45, 7) is 0. The standard InChI is InChI=1S/C15H10ClN3O2/c16-10-6-5-9(7-14(10)20)18-15(21)13-8-17-11-3-1-2-4-12(11)19-13/h1-8,20H,(H,18,21). The molecule has 0 aliphatic carbocycles. The van der Waals surface area contributed by atoms with Gasteiger partial charge in [-0.15, -0.1) is 0 Å². The Morgan fingerprint density at radius 2 is 1.90 bits per heavy atom. The van der Waals surface area contributed by atoms with E-state index in [2.05, 4.69) is 15.3 Å². The fourth-order valence-corrected chi connectivity index (χ4v) is 1.97. The van der Waals surface area contributed by atoms with E-state index in [4.69, 9.17) is 11.6 Å². The van der Waals surface area contributed by atoms with Crippen LogP contribution in [0.15, 0.2) is 48.7 Å². The zero-order valence-corrected chi connectivity index (χ0v) is 11.5. The van der Waals surface area contributed by atoms with E-state index in [0.717, 1.165) is 5.52 Å². The van der Waals surface area contributed by atoms with Crippen molar-refractivity contribution in [2.24, 2.45) is 0 Å². The molecule has 1 amide bonds. The lowest BCUT2D eigenvalue weighted by molar-refractivity contribution is 0.102. The maximum Gasteiger partial charge on any atom is 0.275 e. The number of phenolic OH excluding ortho intramolecular Hbond substituents is 1. The minimum absolute atomic E-state index is 0.0981. The van der Waals surface area contributed by atoms with Gasteiger partial charge in [-0.2, -0.15) is 0 Å². The summed E-state index contributed by atoms with van der Waals surface area (Å²) < 4.78 is 0. The molecule has 3 rings (SSSR count). The van der Waals surface area contributed by atoms with Crippen LogP contribution < -0.4 is 5.32 Å².